The third kappa shape index (κ3) is 3.53. The molecule has 4 heterocycles. The molecular weight excluding hydrogens is 320 g/mol. The molecule has 0 bridgehead atoms. The van der Waals surface area contributed by atoms with Gasteiger partial charge in [-0.3, -0.25) is 4.90 Å². The molecule has 1 atom stereocenters. The van der Waals surface area contributed by atoms with Crippen LogP contribution in [0.3, 0.4) is 0 Å². The van der Waals surface area contributed by atoms with Crippen molar-refractivity contribution < 1.29 is 8.83 Å². The Hall–Kier alpha value is -2.74. The van der Waals surface area contributed by atoms with Crippen LogP contribution in [0.2, 0.25) is 0 Å². The molecule has 0 N–H and O–H groups in total. The number of rotatable bonds is 5. The summed E-state index contributed by atoms with van der Waals surface area (Å²) in [4.78, 5) is 4.53. The van der Waals surface area contributed by atoms with Crippen LogP contribution in [0.25, 0.3) is 11.7 Å². The van der Waals surface area contributed by atoms with Crippen molar-refractivity contribution in [1.29, 1.82) is 0 Å². The first-order chi connectivity index (χ1) is 12.3. The van der Waals surface area contributed by atoms with E-state index in [2.05, 4.69) is 37.2 Å². The van der Waals surface area contributed by atoms with Gasteiger partial charge in [0.15, 0.2) is 11.6 Å². The molecule has 25 heavy (non-hydrogen) atoms. The Morgan fingerprint density at radius 3 is 3.00 bits per heavy atom. The third-order valence-electron chi connectivity index (χ3n) is 4.49. The quantitative estimate of drug-likeness (QED) is 0.699. The predicted molar refractivity (Wildman–Crippen MR) is 90.7 cm³/mol. The van der Waals surface area contributed by atoms with Crippen LogP contribution in [0.15, 0.2) is 45.6 Å². The maximum Gasteiger partial charge on any atom is 0.283 e. The van der Waals surface area contributed by atoms with E-state index in [9.17, 15) is 0 Å². The first-order valence-electron chi connectivity index (χ1n) is 8.39. The SMILES string of the molecule is CN(Cc1nnc(-c2ccco2)o1)C1CCCN(c2cccnn2)C1. The van der Waals surface area contributed by atoms with E-state index >= 15 is 0 Å². The van der Waals surface area contributed by atoms with Gasteiger partial charge in [0.1, 0.15) is 0 Å². The zero-order valence-electron chi connectivity index (χ0n) is 14.1. The highest BCUT2D eigenvalue weighted by Gasteiger charge is 2.25. The highest BCUT2D eigenvalue weighted by atomic mass is 16.4. The van der Waals surface area contributed by atoms with Crippen molar-refractivity contribution in [2.75, 3.05) is 25.0 Å². The second-order valence-corrected chi connectivity index (χ2v) is 6.22. The third-order valence-corrected chi connectivity index (χ3v) is 4.49. The molecule has 0 aliphatic carbocycles. The highest BCUT2D eigenvalue weighted by Crippen LogP contribution is 2.22. The van der Waals surface area contributed by atoms with Crippen LogP contribution in [0, 0.1) is 0 Å². The van der Waals surface area contributed by atoms with Gasteiger partial charge >= 0.3 is 0 Å². The van der Waals surface area contributed by atoms with Gasteiger partial charge in [-0.1, -0.05) is 0 Å². The number of piperidine rings is 1. The first-order valence-corrected chi connectivity index (χ1v) is 8.39. The van der Waals surface area contributed by atoms with Gasteiger partial charge in [0, 0.05) is 25.3 Å². The fraction of sp³-hybridized carbons (Fsp3) is 0.412. The van der Waals surface area contributed by atoms with Gasteiger partial charge in [-0.15, -0.1) is 15.3 Å². The molecule has 3 aromatic rings. The molecule has 8 heteroatoms. The fourth-order valence-corrected chi connectivity index (χ4v) is 3.14. The Kier molecular flexibility index (Phi) is 4.43. The number of likely N-dealkylation sites (N-methyl/N-ethyl adjacent to an activating group) is 1. The summed E-state index contributed by atoms with van der Waals surface area (Å²) in [6, 6.07) is 7.93. The lowest BCUT2D eigenvalue weighted by Crippen LogP contribution is -2.46. The van der Waals surface area contributed by atoms with E-state index in [1.165, 1.54) is 0 Å². The van der Waals surface area contributed by atoms with Crippen molar-refractivity contribution in [3.63, 3.8) is 0 Å². The molecule has 0 spiro atoms. The van der Waals surface area contributed by atoms with Gasteiger partial charge in [0.25, 0.3) is 5.89 Å². The molecule has 1 aliphatic rings. The Bertz CT molecular complexity index is 789. The molecule has 130 valence electrons. The van der Waals surface area contributed by atoms with E-state index in [1.807, 2.05) is 12.1 Å². The zero-order valence-corrected chi connectivity index (χ0v) is 14.1. The van der Waals surface area contributed by atoms with Gasteiger partial charge in [0.05, 0.1) is 12.8 Å². The van der Waals surface area contributed by atoms with Crippen molar-refractivity contribution in [2.24, 2.45) is 0 Å². The molecule has 4 rings (SSSR count). The fourth-order valence-electron chi connectivity index (χ4n) is 3.14. The molecular formula is C17H20N6O2. The summed E-state index contributed by atoms with van der Waals surface area (Å²) in [6.45, 7) is 2.52. The number of anilines is 1. The minimum Gasteiger partial charge on any atom is -0.459 e. The van der Waals surface area contributed by atoms with Gasteiger partial charge in [-0.2, -0.15) is 5.10 Å². The minimum absolute atomic E-state index is 0.398. The van der Waals surface area contributed by atoms with Crippen molar-refractivity contribution in [3.8, 4) is 11.7 Å². The minimum atomic E-state index is 0.398. The maximum absolute atomic E-state index is 5.71. The smallest absolute Gasteiger partial charge is 0.283 e. The summed E-state index contributed by atoms with van der Waals surface area (Å²) in [5.41, 5.74) is 0. The molecule has 1 unspecified atom stereocenters. The zero-order chi connectivity index (χ0) is 17.1. The van der Waals surface area contributed by atoms with E-state index < -0.39 is 0 Å². The van der Waals surface area contributed by atoms with E-state index in [1.54, 1.807) is 24.6 Å². The molecule has 1 aliphatic heterocycles. The Morgan fingerprint density at radius 1 is 1.24 bits per heavy atom. The van der Waals surface area contributed by atoms with Crippen molar-refractivity contribution >= 4 is 5.82 Å². The number of hydrogen-bond acceptors (Lipinski definition) is 8. The number of nitrogens with zero attached hydrogens (tertiary/aromatic N) is 6. The van der Waals surface area contributed by atoms with Gasteiger partial charge < -0.3 is 13.7 Å². The monoisotopic (exact) mass is 340 g/mol. The Balaban J connectivity index is 1.40. The van der Waals surface area contributed by atoms with Crippen molar-refractivity contribution in [3.05, 3.63) is 42.6 Å². The molecule has 1 fully saturated rings. The van der Waals surface area contributed by atoms with Crippen LogP contribution in [-0.4, -0.2) is 51.5 Å². The molecule has 0 amide bonds. The van der Waals surface area contributed by atoms with E-state index in [0.717, 1.165) is 31.7 Å². The molecule has 3 aromatic heterocycles. The predicted octanol–water partition coefficient (Wildman–Crippen LogP) is 2.22. The standard InChI is InChI=1S/C17H20N6O2/c1-22(12-16-20-21-17(25-16)14-6-4-10-24-14)13-5-3-9-23(11-13)15-7-2-8-18-19-15/h2,4,6-8,10,13H,3,5,9,11-12H2,1H3. The topological polar surface area (TPSA) is 84.3 Å². The van der Waals surface area contributed by atoms with E-state index in [4.69, 9.17) is 8.83 Å². The Labute approximate surface area is 145 Å². The summed E-state index contributed by atoms with van der Waals surface area (Å²) in [5, 5.41) is 16.4. The van der Waals surface area contributed by atoms with Crippen LogP contribution in [0.4, 0.5) is 5.82 Å². The molecule has 8 nitrogen and oxygen atoms in total. The molecule has 0 aromatic carbocycles. The van der Waals surface area contributed by atoms with E-state index in [0.29, 0.717) is 30.1 Å². The van der Waals surface area contributed by atoms with Crippen LogP contribution < -0.4 is 4.90 Å². The number of hydrogen-bond donors (Lipinski definition) is 0. The summed E-state index contributed by atoms with van der Waals surface area (Å²) < 4.78 is 11.0. The average Bonchev–Trinajstić information content (AvgIpc) is 3.34. The van der Waals surface area contributed by atoms with Gasteiger partial charge in [-0.25, -0.2) is 0 Å². The van der Waals surface area contributed by atoms with Gasteiger partial charge in [0.2, 0.25) is 5.89 Å². The van der Waals surface area contributed by atoms with Crippen molar-refractivity contribution in [2.45, 2.75) is 25.4 Å². The van der Waals surface area contributed by atoms with E-state index in [-0.39, 0.29) is 0 Å². The second-order valence-electron chi connectivity index (χ2n) is 6.22. The van der Waals surface area contributed by atoms with Crippen LogP contribution in [-0.2, 0) is 6.54 Å². The lowest BCUT2D eigenvalue weighted by atomic mass is 10.0. The first kappa shape index (κ1) is 15.8. The lowest BCUT2D eigenvalue weighted by molar-refractivity contribution is 0.190. The van der Waals surface area contributed by atoms with Crippen LogP contribution in [0.5, 0.6) is 0 Å². The van der Waals surface area contributed by atoms with Crippen LogP contribution in [0.1, 0.15) is 18.7 Å². The number of furan rings is 1. The summed E-state index contributed by atoms with van der Waals surface area (Å²) in [5.74, 6) is 2.52. The molecule has 1 saturated heterocycles. The van der Waals surface area contributed by atoms with Crippen LogP contribution >= 0.6 is 0 Å². The molecule has 0 saturated carbocycles. The summed E-state index contributed by atoms with van der Waals surface area (Å²) >= 11 is 0. The normalized spacial score (nSPS) is 18.0. The average molecular weight is 340 g/mol. The second kappa shape index (κ2) is 7.02. The largest absolute Gasteiger partial charge is 0.459 e. The summed E-state index contributed by atoms with van der Waals surface area (Å²) in [6.07, 6.45) is 5.54. The lowest BCUT2D eigenvalue weighted by Gasteiger charge is -2.37. The summed E-state index contributed by atoms with van der Waals surface area (Å²) in [7, 11) is 2.08. The molecule has 0 radical (unpaired) electrons. The van der Waals surface area contributed by atoms with Crippen molar-refractivity contribution in [1.82, 2.24) is 25.3 Å². The number of aromatic nitrogens is 4. The Morgan fingerprint density at radius 2 is 2.20 bits per heavy atom. The van der Waals surface area contributed by atoms with Gasteiger partial charge in [-0.05, 0) is 44.2 Å². The highest BCUT2D eigenvalue weighted by molar-refractivity contribution is 5.42. The maximum atomic E-state index is 5.71.